The fourth-order valence-corrected chi connectivity index (χ4v) is 4.93. The average Bonchev–Trinajstić information content (AvgIpc) is 3.71. The Morgan fingerprint density at radius 2 is 1.70 bits per heavy atom. The lowest BCUT2D eigenvalue weighted by Crippen LogP contribution is -2.47. The number of ketones is 2. The van der Waals surface area contributed by atoms with Crippen molar-refractivity contribution in [3.63, 3.8) is 0 Å². The highest BCUT2D eigenvalue weighted by atomic mass is 19.1. The summed E-state index contributed by atoms with van der Waals surface area (Å²) in [6, 6.07) is 12.7. The van der Waals surface area contributed by atoms with Gasteiger partial charge in [0.2, 0.25) is 0 Å². The first-order chi connectivity index (χ1) is 17.8. The predicted octanol–water partition coefficient (Wildman–Crippen LogP) is 4.98. The van der Waals surface area contributed by atoms with Crippen molar-refractivity contribution in [3.05, 3.63) is 101 Å². The normalized spacial score (nSPS) is 18.3. The van der Waals surface area contributed by atoms with Gasteiger partial charge in [-0.2, -0.15) is 0 Å². The number of nitrogens with zero attached hydrogens (tertiary/aromatic N) is 1. The van der Waals surface area contributed by atoms with Gasteiger partial charge in [-0.15, -0.1) is 0 Å². The van der Waals surface area contributed by atoms with Crippen molar-refractivity contribution in [3.8, 4) is 0 Å². The van der Waals surface area contributed by atoms with Crippen LogP contribution in [0.1, 0.15) is 52.5 Å². The second-order valence-electron chi connectivity index (χ2n) is 9.48. The molecule has 1 saturated carbocycles. The molecule has 2 N–H and O–H groups in total. The number of nitrogens with one attached hydrogen (secondary N) is 2. The molecule has 2 aromatic carbocycles. The van der Waals surface area contributed by atoms with Gasteiger partial charge in [-0.05, 0) is 80.3 Å². The van der Waals surface area contributed by atoms with Gasteiger partial charge in [0.25, 0.3) is 5.91 Å². The maximum atomic E-state index is 14.0. The van der Waals surface area contributed by atoms with E-state index in [0.717, 1.165) is 35.3 Å². The third-order valence-corrected chi connectivity index (χ3v) is 7.08. The molecule has 8 heteroatoms. The zero-order chi connectivity index (χ0) is 26.2. The fourth-order valence-electron chi connectivity index (χ4n) is 4.93. The molecule has 37 heavy (non-hydrogen) atoms. The maximum absolute atomic E-state index is 14.0. The van der Waals surface area contributed by atoms with E-state index in [-0.39, 0.29) is 11.6 Å². The number of hydrogen-bond donors (Lipinski definition) is 2. The van der Waals surface area contributed by atoms with Gasteiger partial charge in [0, 0.05) is 23.6 Å². The van der Waals surface area contributed by atoms with Crippen LogP contribution < -0.4 is 10.6 Å². The number of halogens is 2. The van der Waals surface area contributed by atoms with Crippen molar-refractivity contribution in [2.24, 2.45) is 5.41 Å². The van der Waals surface area contributed by atoms with Crippen molar-refractivity contribution in [2.75, 3.05) is 11.9 Å². The Kier molecular flexibility index (Phi) is 6.52. The number of carbonyl (C=O) groups is 3. The molecule has 1 unspecified atom stereocenters. The average molecular weight is 502 g/mol. The van der Waals surface area contributed by atoms with E-state index in [0.29, 0.717) is 30.6 Å². The minimum absolute atomic E-state index is 0.150. The minimum Gasteiger partial charge on any atom is -0.322 e. The lowest BCUT2D eigenvalue weighted by atomic mass is 9.80. The molecule has 2 aliphatic rings. The van der Waals surface area contributed by atoms with Crippen LogP contribution in [0.4, 0.5) is 14.5 Å². The van der Waals surface area contributed by atoms with Crippen LogP contribution in [0, 0.1) is 17.0 Å². The number of pyridine rings is 1. The Balaban J connectivity index is 1.38. The summed E-state index contributed by atoms with van der Waals surface area (Å²) in [5.41, 5.74) is 1.68. The van der Waals surface area contributed by atoms with Gasteiger partial charge >= 0.3 is 0 Å². The predicted molar refractivity (Wildman–Crippen MR) is 135 cm³/mol. The number of carbonyl (C=O) groups excluding carboxylic acids is 3. The highest BCUT2D eigenvalue weighted by Crippen LogP contribution is 2.51. The van der Waals surface area contributed by atoms with E-state index in [4.69, 9.17) is 0 Å². The molecular weight excluding hydrogens is 476 g/mol. The van der Waals surface area contributed by atoms with Crippen LogP contribution in [0.3, 0.4) is 0 Å². The summed E-state index contributed by atoms with van der Waals surface area (Å²) in [6.07, 6.45) is 4.83. The second-order valence-corrected chi connectivity index (χ2v) is 9.48. The van der Waals surface area contributed by atoms with Crippen molar-refractivity contribution >= 4 is 28.7 Å². The minimum atomic E-state index is -1.05. The first-order valence-corrected chi connectivity index (χ1v) is 12.1. The molecule has 6 nitrogen and oxygen atoms in total. The van der Waals surface area contributed by atoms with Gasteiger partial charge in [-0.25, -0.2) is 8.78 Å². The smallest absolute Gasteiger partial charge is 0.261 e. The second kappa shape index (κ2) is 9.78. The number of hydrogen-bond acceptors (Lipinski definition) is 5. The molecular formula is C29H25F2N3O3. The Labute approximate surface area is 212 Å². The topological polar surface area (TPSA) is 88.2 Å². The molecule has 188 valence electrons. The summed E-state index contributed by atoms with van der Waals surface area (Å²) in [5.74, 6) is -3.13. The van der Waals surface area contributed by atoms with E-state index in [1.807, 2.05) is 6.92 Å². The molecule has 0 bridgehead atoms. The summed E-state index contributed by atoms with van der Waals surface area (Å²) in [6.45, 7) is 2.58. The quantitative estimate of drug-likeness (QED) is 0.352. The summed E-state index contributed by atoms with van der Waals surface area (Å²) in [5, 5.41) is 5.82. The first kappa shape index (κ1) is 24.6. The fraction of sp³-hybridized carbons (Fsp3) is 0.241. The molecule has 1 amide bonds. The van der Waals surface area contributed by atoms with E-state index in [1.165, 1.54) is 12.3 Å². The summed E-state index contributed by atoms with van der Waals surface area (Å²) >= 11 is 0. The molecule has 1 atom stereocenters. The van der Waals surface area contributed by atoms with Crippen LogP contribution in [-0.2, 0) is 4.79 Å². The molecule has 0 saturated heterocycles. The van der Waals surface area contributed by atoms with Crippen molar-refractivity contribution in [1.82, 2.24) is 10.3 Å². The highest BCUT2D eigenvalue weighted by molar-refractivity contribution is 6.20. The Bertz CT molecular complexity index is 1390. The van der Waals surface area contributed by atoms with Gasteiger partial charge in [0.05, 0.1) is 11.5 Å². The zero-order valence-corrected chi connectivity index (χ0v) is 20.2. The van der Waals surface area contributed by atoms with Crippen LogP contribution in [0.2, 0.25) is 0 Å². The summed E-state index contributed by atoms with van der Waals surface area (Å²) < 4.78 is 27.9. The molecule has 2 heterocycles. The summed E-state index contributed by atoms with van der Waals surface area (Å²) in [4.78, 5) is 43.5. The third-order valence-electron chi connectivity index (χ3n) is 7.08. The van der Waals surface area contributed by atoms with E-state index in [2.05, 4.69) is 15.6 Å². The molecule has 1 aromatic heterocycles. The molecule has 0 radical (unpaired) electrons. The monoisotopic (exact) mass is 501 g/mol. The largest absolute Gasteiger partial charge is 0.322 e. The van der Waals surface area contributed by atoms with Crippen molar-refractivity contribution < 1.29 is 23.2 Å². The Morgan fingerprint density at radius 1 is 1.00 bits per heavy atom. The zero-order valence-electron chi connectivity index (χ0n) is 20.2. The SMILES string of the molecule is CC1=C(c2ccc(NC(=O)c3c(F)cccc3F)cc2)C(C(=O)C2(C(=O)c3cccnc3)CC2)NCC1. The van der Waals surface area contributed by atoms with Crippen LogP contribution in [0.25, 0.3) is 5.57 Å². The first-order valence-electron chi connectivity index (χ1n) is 12.1. The number of aromatic nitrogens is 1. The number of anilines is 1. The van der Waals surface area contributed by atoms with Gasteiger partial charge in [0.1, 0.15) is 17.2 Å². The van der Waals surface area contributed by atoms with Crippen LogP contribution in [-0.4, -0.2) is 35.0 Å². The van der Waals surface area contributed by atoms with E-state index in [9.17, 15) is 23.2 Å². The van der Waals surface area contributed by atoms with Gasteiger partial charge in [-0.1, -0.05) is 23.8 Å². The molecule has 1 fully saturated rings. The summed E-state index contributed by atoms with van der Waals surface area (Å²) in [7, 11) is 0. The Hall–Kier alpha value is -4.04. The number of benzene rings is 2. The standard InChI is InChI=1S/C29H25F2N3O3/c1-17-11-15-33-25(27(36)29(12-13-29)26(35)19-4-3-14-32-16-19)23(17)18-7-9-20(10-8-18)34-28(37)24-21(30)5-2-6-22(24)31/h2-10,14,16,25,33H,11-13,15H2,1H3,(H,34,37). The number of amides is 1. The van der Waals surface area contributed by atoms with E-state index >= 15 is 0 Å². The molecule has 3 aromatic rings. The van der Waals surface area contributed by atoms with Crippen LogP contribution in [0.15, 0.2) is 72.6 Å². The van der Waals surface area contributed by atoms with Gasteiger partial charge in [0.15, 0.2) is 11.6 Å². The van der Waals surface area contributed by atoms with Crippen LogP contribution >= 0.6 is 0 Å². The van der Waals surface area contributed by atoms with Crippen molar-refractivity contribution in [1.29, 1.82) is 0 Å². The van der Waals surface area contributed by atoms with Crippen LogP contribution in [0.5, 0.6) is 0 Å². The van der Waals surface area contributed by atoms with Gasteiger partial charge < -0.3 is 10.6 Å². The maximum Gasteiger partial charge on any atom is 0.261 e. The third kappa shape index (κ3) is 4.60. The lowest BCUT2D eigenvalue weighted by Gasteiger charge is -2.30. The lowest BCUT2D eigenvalue weighted by molar-refractivity contribution is -0.123. The highest BCUT2D eigenvalue weighted by Gasteiger charge is 2.58. The number of Topliss-reactive ketones (excluding diaryl/α,β-unsaturated/α-hetero) is 2. The van der Waals surface area contributed by atoms with Crippen molar-refractivity contribution in [2.45, 2.75) is 32.2 Å². The van der Waals surface area contributed by atoms with Gasteiger partial charge in [-0.3, -0.25) is 19.4 Å². The Morgan fingerprint density at radius 3 is 2.32 bits per heavy atom. The molecule has 1 aliphatic heterocycles. The number of rotatable bonds is 7. The van der Waals surface area contributed by atoms with E-state index < -0.39 is 34.6 Å². The molecule has 0 spiro atoms. The molecule has 5 rings (SSSR count). The van der Waals surface area contributed by atoms with E-state index in [1.54, 1.807) is 42.6 Å². The molecule has 1 aliphatic carbocycles.